The smallest absolute Gasteiger partial charge is 0.0991 e. The van der Waals surface area contributed by atoms with Crippen molar-refractivity contribution in [2.45, 2.75) is 31.4 Å². The number of ether oxygens (including phenoxy) is 1. The monoisotopic (exact) mass is 388 g/mol. The van der Waals surface area contributed by atoms with Gasteiger partial charge in [0.05, 0.1) is 19.0 Å². The predicted molar refractivity (Wildman–Crippen MR) is 116 cm³/mol. The van der Waals surface area contributed by atoms with Gasteiger partial charge in [-0.15, -0.1) is 0 Å². The summed E-state index contributed by atoms with van der Waals surface area (Å²) in [6.07, 6.45) is 9.16. The van der Waals surface area contributed by atoms with E-state index >= 15 is 0 Å². The predicted octanol–water partition coefficient (Wildman–Crippen LogP) is 3.74. The van der Waals surface area contributed by atoms with E-state index in [1.165, 1.54) is 16.8 Å². The molecule has 0 bridgehead atoms. The van der Waals surface area contributed by atoms with E-state index in [2.05, 4.69) is 63.7 Å². The Bertz CT molecular complexity index is 914. The Balaban J connectivity index is 1.13. The molecule has 29 heavy (non-hydrogen) atoms. The SMILES string of the molecule is c1ccc2c(c1)CCO[C@@H]2CNC1CCN(c2ccc(-n3ccnc3)cc2)CC1. The second kappa shape index (κ2) is 8.39. The van der Waals surface area contributed by atoms with Crippen molar-refractivity contribution >= 4 is 5.69 Å². The van der Waals surface area contributed by atoms with Gasteiger partial charge in [0, 0.05) is 49.4 Å². The van der Waals surface area contributed by atoms with Crippen LogP contribution in [0.3, 0.4) is 0 Å². The van der Waals surface area contributed by atoms with E-state index in [0.29, 0.717) is 6.04 Å². The van der Waals surface area contributed by atoms with Gasteiger partial charge in [0.15, 0.2) is 0 Å². The average Bonchev–Trinajstić information content (AvgIpc) is 3.33. The lowest BCUT2D eigenvalue weighted by Gasteiger charge is -2.35. The maximum atomic E-state index is 6.05. The third-order valence-corrected chi connectivity index (χ3v) is 6.20. The Morgan fingerprint density at radius 2 is 1.79 bits per heavy atom. The zero-order chi connectivity index (χ0) is 19.5. The second-order valence-electron chi connectivity index (χ2n) is 7.96. The van der Waals surface area contributed by atoms with Crippen LogP contribution in [-0.2, 0) is 11.2 Å². The fourth-order valence-corrected chi connectivity index (χ4v) is 4.51. The molecule has 0 aliphatic carbocycles. The van der Waals surface area contributed by atoms with E-state index in [1.807, 2.05) is 23.3 Å². The van der Waals surface area contributed by atoms with Gasteiger partial charge in [0.2, 0.25) is 0 Å². The second-order valence-corrected chi connectivity index (χ2v) is 7.96. The van der Waals surface area contributed by atoms with Crippen LogP contribution < -0.4 is 10.2 Å². The van der Waals surface area contributed by atoms with Crippen LogP contribution in [0, 0.1) is 0 Å². The van der Waals surface area contributed by atoms with Gasteiger partial charge in [-0.1, -0.05) is 24.3 Å². The molecule has 1 fully saturated rings. The summed E-state index contributed by atoms with van der Waals surface area (Å²) in [5.74, 6) is 0. The third kappa shape index (κ3) is 4.07. The maximum Gasteiger partial charge on any atom is 0.0991 e. The van der Waals surface area contributed by atoms with E-state index < -0.39 is 0 Å². The highest BCUT2D eigenvalue weighted by atomic mass is 16.5. The summed E-state index contributed by atoms with van der Waals surface area (Å²) in [5.41, 5.74) is 5.26. The number of nitrogens with one attached hydrogen (secondary N) is 1. The number of hydrogen-bond acceptors (Lipinski definition) is 4. The molecule has 5 nitrogen and oxygen atoms in total. The fourth-order valence-electron chi connectivity index (χ4n) is 4.51. The van der Waals surface area contributed by atoms with Gasteiger partial charge < -0.3 is 19.5 Å². The summed E-state index contributed by atoms with van der Waals surface area (Å²) in [6.45, 7) is 3.91. The fraction of sp³-hybridized carbons (Fsp3) is 0.375. The van der Waals surface area contributed by atoms with E-state index in [1.54, 1.807) is 0 Å². The molecule has 0 unspecified atom stereocenters. The first kappa shape index (κ1) is 18.4. The molecule has 1 N–H and O–H groups in total. The first-order valence-corrected chi connectivity index (χ1v) is 10.6. The molecule has 3 aromatic rings. The summed E-state index contributed by atoms with van der Waals surface area (Å²) >= 11 is 0. The number of rotatable bonds is 5. The number of nitrogens with zero attached hydrogens (tertiary/aromatic N) is 3. The van der Waals surface area contributed by atoms with Crippen LogP contribution in [0.4, 0.5) is 5.69 Å². The number of benzene rings is 2. The topological polar surface area (TPSA) is 42.3 Å². The quantitative estimate of drug-likeness (QED) is 0.723. The molecule has 3 heterocycles. The molecule has 0 saturated carbocycles. The first-order chi connectivity index (χ1) is 14.4. The lowest BCUT2D eigenvalue weighted by Crippen LogP contribution is -2.44. The van der Waals surface area contributed by atoms with E-state index in [-0.39, 0.29) is 6.10 Å². The molecule has 2 aliphatic rings. The van der Waals surface area contributed by atoms with Crippen molar-refractivity contribution in [1.29, 1.82) is 0 Å². The zero-order valence-electron chi connectivity index (χ0n) is 16.7. The average molecular weight is 389 g/mol. The Morgan fingerprint density at radius 1 is 1.00 bits per heavy atom. The Kier molecular flexibility index (Phi) is 5.33. The van der Waals surface area contributed by atoms with Crippen molar-refractivity contribution in [2.24, 2.45) is 0 Å². The van der Waals surface area contributed by atoms with Crippen molar-refractivity contribution in [2.75, 3.05) is 31.1 Å². The standard InChI is InChI=1S/C24H28N4O/c1-2-4-23-19(3-1)11-16-29-24(23)17-26-20-9-13-27(14-10-20)21-5-7-22(8-6-21)28-15-12-25-18-28/h1-8,12,15,18,20,24,26H,9-11,13-14,16-17H2/t24-/m1/s1. The molecule has 2 aromatic carbocycles. The highest BCUT2D eigenvalue weighted by Gasteiger charge is 2.23. The van der Waals surface area contributed by atoms with Gasteiger partial charge >= 0.3 is 0 Å². The summed E-state index contributed by atoms with van der Waals surface area (Å²) in [5, 5.41) is 3.77. The number of aromatic nitrogens is 2. The summed E-state index contributed by atoms with van der Waals surface area (Å²) in [7, 11) is 0. The maximum absolute atomic E-state index is 6.05. The molecular weight excluding hydrogens is 360 g/mol. The molecule has 2 aliphatic heterocycles. The number of piperidine rings is 1. The van der Waals surface area contributed by atoms with Crippen LogP contribution in [0.1, 0.15) is 30.1 Å². The lowest BCUT2D eigenvalue weighted by atomic mass is 9.97. The van der Waals surface area contributed by atoms with Crippen molar-refractivity contribution < 1.29 is 4.74 Å². The summed E-state index contributed by atoms with van der Waals surface area (Å²) in [6, 6.07) is 18.0. The molecule has 1 saturated heterocycles. The minimum Gasteiger partial charge on any atom is -0.372 e. The van der Waals surface area contributed by atoms with Crippen LogP contribution in [0.5, 0.6) is 0 Å². The Labute approximate surface area is 172 Å². The molecule has 1 atom stereocenters. The van der Waals surface area contributed by atoms with Gasteiger partial charge in [-0.05, 0) is 54.7 Å². The van der Waals surface area contributed by atoms with Crippen LogP contribution in [-0.4, -0.2) is 41.8 Å². The van der Waals surface area contributed by atoms with Gasteiger partial charge in [0.25, 0.3) is 0 Å². The number of anilines is 1. The summed E-state index contributed by atoms with van der Waals surface area (Å²) in [4.78, 5) is 6.61. The molecule has 1 aromatic heterocycles. The van der Waals surface area contributed by atoms with Crippen molar-refractivity contribution in [3.05, 3.63) is 78.4 Å². The minimum absolute atomic E-state index is 0.189. The lowest BCUT2D eigenvalue weighted by molar-refractivity contribution is 0.0401. The van der Waals surface area contributed by atoms with Gasteiger partial charge in [-0.25, -0.2) is 4.98 Å². The molecule has 5 heteroatoms. The van der Waals surface area contributed by atoms with Crippen molar-refractivity contribution in [3.8, 4) is 5.69 Å². The van der Waals surface area contributed by atoms with E-state index in [4.69, 9.17) is 4.74 Å². The molecular formula is C24H28N4O. The first-order valence-electron chi connectivity index (χ1n) is 10.6. The van der Waals surface area contributed by atoms with E-state index in [0.717, 1.165) is 51.2 Å². The van der Waals surface area contributed by atoms with Gasteiger partial charge in [-0.3, -0.25) is 0 Å². The van der Waals surface area contributed by atoms with Crippen LogP contribution in [0.15, 0.2) is 67.3 Å². The molecule has 0 amide bonds. The number of hydrogen-bond donors (Lipinski definition) is 1. The van der Waals surface area contributed by atoms with Gasteiger partial charge in [0.1, 0.15) is 0 Å². The number of fused-ring (bicyclic) bond motifs is 1. The largest absolute Gasteiger partial charge is 0.372 e. The molecule has 0 spiro atoms. The molecule has 150 valence electrons. The summed E-state index contributed by atoms with van der Waals surface area (Å²) < 4.78 is 8.08. The van der Waals surface area contributed by atoms with Crippen LogP contribution >= 0.6 is 0 Å². The number of imidazole rings is 1. The van der Waals surface area contributed by atoms with Crippen LogP contribution in [0.2, 0.25) is 0 Å². The van der Waals surface area contributed by atoms with Crippen LogP contribution in [0.25, 0.3) is 5.69 Å². The van der Waals surface area contributed by atoms with E-state index in [9.17, 15) is 0 Å². The van der Waals surface area contributed by atoms with Crippen molar-refractivity contribution in [3.63, 3.8) is 0 Å². The molecule has 0 radical (unpaired) electrons. The normalized spacial score (nSPS) is 19.9. The Morgan fingerprint density at radius 3 is 2.59 bits per heavy atom. The highest BCUT2D eigenvalue weighted by Crippen LogP contribution is 2.27. The third-order valence-electron chi connectivity index (χ3n) is 6.20. The highest BCUT2D eigenvalue weighted by molar-refractivity contribution is 5.51. The zero-order valence-corrected chi connectivity index (χ0v) is 16.7. The Hall–Kier alpha value is -2.63. The van der Waals surface area contributed by atoms with Crippen molar-refractivity contribution in [1.82, 2.24) is 14.9 Å². The van der Waals surface area contributed by atoms with Gasteiger partial charge in [-0.2, -0.15) is 0 Å². The molecule has 5 rings (SSSR count). The minimum atomic E-state index is 0.189.